The molecular weight excluding hydrogens is 773 g/mol. The first-order chi connectivity index (χ1) is 31.7. The first-order valence-corrected chi connectivity index (χ1v) is 22.2. The molecule has 2 unspecified atom stereocenters. The average molecular weight is 813 g/mol. The molecule has 0 amide bonds. The van der Waals surface area contributed by atoms with E-state index >= 15 is 0 Å². The molecule has 9 aromatic carbocycles. The van der Waals surface area contributed by atoms with E-state index in [1.54, 1.807) is 0 Å². The summed E-state index contributed by atoms with van der Waals surface area (Å²) in [6, 6.07) is 64.7. The van der Waals surface area contributed by atoms with E-state index < -0.39 is 0 Å². The van der Waals surface area contributed by atoms with Gasteiger partial charge < -0.3 is 0 Å². The van der Waals surface area contributed by atoms with Gasteiger partial charge in [0, 0.05) is 11.8 Å². The van der Waals surface area contributed by atoms with E-state index in [4.69, 9.17) is 9.98 Å². The van der Waals surface area contributed by atoms with Crippen molar-refractivity contribution in [2.24, 2.45) is 21.8 Å². The predicted octanol–water partition coefficient (Wildman–Crippen LogP) is 15.9. The molecule has 2 nitrogen and oxygen atoms in total. The third kappa shape index (κ3) is 5.87. The topological polar surface area (TPSA) is 24.7 Å². The fraction of sp³-hybridized carbons (Fsp3) is 0.0323. The zero-order valence-electron chi connectivity index (χ0n) is 35.0. The smallest absolute Gasteiger partial charge is 0.0675 e. The van der Waals surface area contributed by atoms with E-state index in [2.05, 4.69) is 231 Å². The Morgan fingerprint density at radius 2 is 0.672 bits per heavy atom. The van der Waals surface area contributed by atoms with Gasteiger partial charge in [-0.05, 0) is 123 Å². The van der Waals surface area contributed by atoms with Crippen molar-refractivity contribution in [1.29, 1.82) is 0 Å². The van der Waals surface area contributed by atoms with E-state index in [1.807, 2.05) is 0 Å². The molecule has 4 aliphatic rings. The summed E-state index contributed by atoms with van der Waals surface area (Å²) in [6.45, 7) is 0. The summed E-state index contributed by atoms with van der Waals surface area (Å²) in [5.41, 5.74) is 16.4. The van der Waals surface area contributed by atoms with Crippen molar-refractivity contribution < 1.29 is 0 Å². The van der Waals surface area contributed by atoms with Gasteiger partial charge in [0.15, 0.2) is 0 Å². The molecule has 2 heteroatoms. The maximum absolute atomic E-state index is 5.10. The zero-order chi connectivity index (χ0) is 42.1. The summed E-state index contributed by atoms with van der Waals surface area (Å²) in [5.74, 6) is 0.431. The summed E-state index contributed by atoms with van der Waals surface area (Å²) in [6.07, 6.45) is 19.8. The first kappa shape index (κ1) is 36.5. The Morgan fingerprint density at radius 3 is 1.12 bits per heavy atom. The van der Waals surface area contributed by atoms with Gasteiger partial charge >= 0.3 is 0 Å². The SMILES string of the molecule is C1=CC2=NC(c3ccc(-c4c5ccccc5c(-c5c6ccccc6c(-c6ccc(C7=CC8C=C(c9ccccc9)C=CC8=N7)cc6)c6ccccc56)c5ccccc45)cc3)=CC2C=C1. The highest BCUT2D eigenvalue weighted by Gasteiger charge is 2.25. The van der Waals surface area contributed by atoms with Gasteiger partial charge in [-0.1, -0.05) is 206 Å². The Kier molecular flexibility index (Phi) is 8.39. The molecule has 0 bridgehead atoms. The van der Waals surface area contributed by atoms with Crippen molar-refractivity contribution in [1.82, 2.24) is 0 Å². The quantitative estimate of drug-likeness (QED) is 0.149. The van der Waals surface area contributed by atoms with Gasteiger partial charge in [0.2, 0.25) is 0 Å². The number of benzene rings is 9. The minimum atomic E-state index is 0.174. The number of hydrogen-bond acceptors (Lipinski definition) is 2. The number of nitrogens with zero attached hydrogens (tertiary/aromatic N) is 2. The second-order valence-electron chi connectivity index (χ2n) is 17.1. The van der Waals surface area contributed by atoms with E-state index in [9.17, 15) is 0 Å². The van der Waals surface area contributed by atoms with Crippen LogP contribution in [-0.4, -0.2) is 11.4 Å². The highest BCUT2D eigenvalue weighted by atomic mass is 14.8. The van der Waals surface area contributed by atoms with Gasteiger partial charge in [-0.2, -0.15) is 0 Å². The molecule has 0 saturated carbocycles. The molecule has 0 saturated heterocycles. The molecule has 13 rings (SSSR count). The maximum atomic E-state index is 5.10. The predicted molar refractivity (Wildman–Crippen MR) is 272 cm³/mol. The van der Waals surface area contributed by atoms with Gasteiger partial charge in [0.1, 0.15) is 0 Å². The van der Waals surface area contributed by atoms with Crippen LogP contribution in [0.25, 0.3) is 93.4 Å². The molecule has 0 aromatic heterocycles. The van der Waals surface area contributed by atoms with Crippen molar-refractivity contribution in [2.45, 2.75) is 0 Å². The van der Waals surface area contributed by atoms with E-state index in [-0.39, 0.29) is 11.8 Å². The van der Waals surface area contributed by atoms with E-state index in [1.165, 1.54) is 87.6 Å². The van der Waals surface area contributed by atoms with Crippen molar-refractivity contribution >= 4 is 71.5 Å². The molecule has 0 N–H and O–H groups in total. The lowest BCUT2D eigenvalue weighted by atomic mass is 9.81. The van der Waals surface area contributed by atoms with Crippen LogP contribution < -0.4 is 0 Å². The summed E-state index contributed by atoms with van der Waals surface area (Å²) in [7, 11) is 0. The summed E-state index contributed by atoms with van der Waals surface area (Å²) >= 11 is 0. The van der Waals surface area contributed by atoms with E-state index in [0.29, 0.717) is 0 Å². The van der Waals surface area contributed by atoms with Crippen LogP contribution in [0.4, 0.5) is 0 Å². The average Bonchev–Trinajstić information content (AvgIpc) is 4.01. The van der Waals surface area contributed by atoms with Crippen LogP contribution in [-0.2, 0) is 0 Å². The Hall–Kier alpha value is -8.20. The van der Waals surface area contributed by atoms with Crippen molar-refractivity contribution in [2.75, 3.05) is 0 Å². The van der Waals surface area contributed by atoms with Crippen molar-refractivity contribution in [3.63, 3.8) is 0 Å². The summed E-state index contributed by atoms with van der Waals surface area (Å²) in [5, 5.41) is 9.93. The maximum Gasteiger partial charge on any atom is 0.0675 e. The number of fused-ring (bicyclic) bond motifs is 6. The number of aliphatic imine (C=N–C) groups is 2. The van der Waals surface area contributed by atoms with Crippen LogP contribution in [0.3, 0.4) is 0 Å². The van der Waals surface area contributed by atoms with Crippen LogP contribution in [0.2, 0.25) is 0 Å². The third-order valence-electron chi connectivity index (χ3n) is 13.5. The molecule has 2 heterocycles. The minimum Gasteiger partial charge on any atom is -0.252 e. The van der Waals surface area contributed by atoms with Gasteiger partial charge in [-0.3, -0.25) is 9.98 Å². The molecule has 9 aromatic rings. The number of hydrogen-bond donors (Lipinski definition) is 0. The highest BCUT2D eigenvalue weighted by molar-refractivity contribution is 6.30. The Labute approximate surface area is 372 Å². The second kappa shape index (κ2) is 14.7. The number of allylic oxidation sites excluding steroid dienone is 10. The Bertz CT molecular complexity index is 3570. The van der Waals surface area contributed by atoms with Crippen LogP contribution in [0, 0.1) is 11.8 Å². The van der Waals surface area contributed by atoms with Crippen molar-refractivity contribution in [3.8, 4) is 33.4 Å². The second-order valence-corrected chi connectivity index (χ2v) is 17.1. The van der Waals surface area contributed by atoms with Gasteiger partial charge in [0.25, 0.3) is 0 Å². The third-order valence-corrected chi connectivity index (χ3v) is 13.5. The normalized spacial score (nSPS) is 17.3. The molecule has 0 radical (unpaired) electrons. The lowest BCUT2D eigenvalue weighted by molar-refractivity contribution is 1.17. The minimum absolute atomic E-state index is 0.174. The molecule has 0 fully saturated rings. The fourth-order valence-electron chi connectivity index (χ4n) is 10.5. The van der Waals surface area contributed by atoms with Crippen LogP contribution in [0.5, 0.6) is 0 Å². The Balaban J connectivity index is 0.943. The summed E-state index contributed by atoms with van der Waals surface area (Å²) in [4.78, 5) is 10.1. The summed E-state index contributed by atoms with van der Waals surface area (Å²) < 4.78 is 0. The largest absolute Gasteiger partial charge is 0.252 e. The first-order valence-electron chi connectivity index (χ1n) is 22.2. The molecule has 2 atom stereocenters. The lowest BCUT2D eigenvalue weighted by Crippen LogP contribution is -2.07. The standard InChI is InChI=1S/C62H40N2/c1-2-14-39(15-3-1)44-34-35-56-46(36-44)38-58(64-56)41-28-32-43(33-29-41)60-49-19-7-11-23-53(49)62(54-24-12-8-20-50(54)60)61-51-21-9-5-17-47(51)59(48-18-6-10-22-52(48)61)42-30-26-40(27-31-42)57-37-45-16-4-13-25-55(45)63-57/h1-38,45-46H. The van der Waals surface area contributed by atoms with Crippen molar-refractivity contribution in [3.05, 3.63) is 247 Å². The van der Waals surface area contributed by atoms with Gasteiger partial charge in [-0.25, -0.2) is 0 Å². The van der Waals surface area contributed by atoms with E-state index in [0.717, 1.165) is 33.9 Å². The lowest BCUT2D eigenvalue weighted by Gasteiger charge is -2.22. The van der Waals surface area contributed by atoms with Gasteiger partial charge in [-0.15, -0.1) is 0 Å². The Morgan fingerprint density at radius 1 is 0.281 bits per heavy atom. The fourth-order valence-corrected chi connectivity index (χ4v) is 10.5. The monoisotopic (exact) mass is 812 g/mol. The molecular formula is C62H40N2. The molecule has 2 aliphatic carbocycles. The molecule has 64 heavy (non-hydrogen) atoms. The molecule has 298 valence electrons. The molecule has 2 aliphatic heterocycles. The van der Waals surface area contributed by atoms with Gasteiger partial charge in [0.05, 0.1) is 22.8 Å². The van der Waals surface area contributed by atoms with Crippen LogP contribution >= 0.6 is 0 Å². The van der Waals surface area contributed by atoms with Crippen LogP contribution in [0.15, 0.2) is 241 Å². The van der Waals surface area contributed by atoms with Crippen LogP contribution in [0.1, 0.15) is 16.7 Å². The highest BCUT2D eigenvalue weighted by Crippen LogP contribution is 2.50. The number of rotatable bonds is 6. The zero-order valence-corrected chi connectivity index (χ0v) is 35.0. The molecule has 0 spiro atoms.